The first-order valence-corrected chi connectivity index (χ1v) is 24.2. The second-order valence-electron chi connectivity index (χ2n) is 19.7. The van der Waals surface area contributed by atoms with Crippen LogP contribution in [0.5, 0.6) is 0 Å². The standard InChI is InChI=1S/C54H44F12N12O2/c1-49(2,79-5)13-11-31-15-33(43-27-75(71-67-43)41-23-37(51(55,56)57)21-38(24-41)52(58,59)60)19-35(17-31)45-29-77(73-69-45)47-9-7-8-10-48(47)78-30-46(70-74-78)36-18-32(12-14-50(3,4)80-6)16-34(20-36)44-28-76(72-68-44)42-25-39(53(61,62)63)22-40(26-42)54(64,65)66/h15-30,47-48H,7-10H2,1-6H3/t47-,48-/m1/s1. The highest BCUT2D eigenvalue weighted by molar-refractivity contribution is 5.73. The SMILES string of the molecule is COC(C)(C)C#Cc1cc(-c2cn(-c3cc(C(F)(F)F)cc(C(F)(F)F)c3)nn2)cc(-c2cn([C@@H]3CCCC[C@H]3n3cc(-c4cc(C#CC(C)(C)OC)cc(-c5cn(-c6cc(C(F)(F)F)cc(C(F)(F)F)c6)nn5)c4)nn3)nn2)c1. The molecule has 416 valence electrons. The Hall–Kier alpha value is -8.36. The van der Waals surface area contributed by atoms with Crippen molar-refractivity contribution in [3.8, 4) is 80.1 Å². The molecule has 14 nitrogen and oxygen atoms in total. The van der Waals surface area contributed by atoms with Gasteiger partial charge in [0.1, 0.15) is 34.0 Å². The van der Waals surface area contributed by atoms with Crippen molar-refractivity contribution in [3.05, 3.63) is 131 Å². The zero-order chi connectivity index (χ0) is 57.7. The number of nitrogens with zero attached hydrogens (tertiary/aromatic N) is 12. The van der Waals surface area contributed by atoms with Gasteiger partial charge in [0, 0.05) is 47.6 Å². The number of benzene rings is 4. The number of methoxy groups -OCH3 is 2. The summed E-state index contributed by atoms with van der Waals surface area (Å²) in [5.41, 5.74) is -5.53. The third kappa shape index (κ3) is 12.7. The van der Waals surface area contributed by atoms with E-state index in [1.165, 1.54) is 26.6 Å². The van der Waals surface area contributed by atoms with Crippen LogP contribution in [0.1, 0.15) is 98.8 Å². The summed E-state index contributed by atoms with van der Waals surface area (Å²) in [5.74, 6) is 12.2. The van der Waals surface area contributed by atoms with E-state index < -0.39 is 69.5 Å². The molecule has 0 bridgehead atoms. The quantitative estimate of drug-likeness (QED) is 0.0960. The van der Waals surface area contributed by atoms with Gasteiger partial charge in [-0.05, 0) is 113 Å². The second kappa shape index (κ2) is 21.0. The normalized spacial score (nSPS) is 15.6. The van der Waals surface area contributed by atoms with Crippen molar-refractivity contribution < 1.29 is 62.2 Å². The Balaban J connectivity index is 1.04. The van der Waals surface area contributed by atoms with E-state index in [-0.39, 0.29) is 35.6 Å². The van der Waals surface area contributed by atoms with E-state index in [9.17, 15) is 52.7 Å². The molecule has 80 heavy (non-hydrogen) atoms. The van der Waals surface area contributed by atoms with Gasteiger partial charge in [-0.25, -0.2) is 18.7 Å². The maximum Gasteiger partial charge on any atom is 0.416 e. The molecule has 26 heteroatoms. The third-order valence-corrected chi connectivity index (χ3v) is 13.1. The summed E-state index contributed by atoms with van der Waals surface area (Å²) in [5, 5.41) is 34.1. The first kappa shape index (κ1) is 56.4. The highest BCUT2D eigenvalue weighted by atomic mass is 19.4. The predicted octanol–water partition coefficient (Wildman–Crippen LogP) is 12.7. The molecule has 4 aromatic carbocycles. The molecule has 0 unspecified atom stereocenters. The molecule has 1 aliphatic carbocycles. The van der Waals surface area contributed by atoms with Gasteiger partial charge in [0.05, 0.1) is 70.5 Å². The molecule has 0 amide bonds. The fourth-order valence-electron chi connectivity index (χ4n) is 8.58. The molecule has 0 saturated heterocycles. The molecule has 0 aliphatic heterocycles. The Morgan fingerprint density at radius 1 is 0.412 bits per heavy atom. The van der Waals surface area contributed by atoms with Gasteiger partial charge in [-0.15, -0.1) is 20.4 Å². The minimum Gasteiger partial charge on any atom is -0.366 e. The summed E-state index contributed by atoms with van der Waals surface area (Å²) in [6.45, 7) is 6.97. The number of hydrogen-bond acceptors (Lipinski definition) is 10. The zero-order valence-corrected chi connectivity index (χ0v) is 42.9. The molecule has 9 rings (SSSR count). The Morgan fingerprint density at radius 2 is 0.713 bits per heavy atom. The lowest BCUT2D eigenvalue weighted by atomic mass is 9.90. The summed E-state index contributed by atoms with van der Waals surface area (Å²) >= 11 is 0. The van der Waals surface area contributed by atoms with Gasteiger partial charge in [-0.2, -0.15) is 52.7 Å². The lowest BCUT2D eigenvalue weighted by Crippen LogP contribution is -2.27. The summed E-state index contributed by atoms with van der Waals surface area (Å²) in [7, 11) is 2.96. The van der Waals surface area contributed by atoms with Crippen LogP contribution in [0.3, 0.4) is 0 Å². The van der Waals surface area contributed by atoms with Crippen molar-refractivity contribution in [1.82, 2.24) is 60.0 Å². The number of ether oxygens (including phenoxy) is 2. The maximum atomic E-state index is 13.8. The fourth-order valence-corrected chi connectivity index (χ4v) is 8.58. The molecule has 1 saturated carbocycles. The van der Waals surface area contributed by atoms with Gasteiger partial charge in [-0.1, -0.05) is 57.4 Å². The average molecular weight is 1120 g/mol. The van der Waals surface area contributed by atoms with Gasteiger partial charge in [-0.3, -0.25) is 0 Å². The van der Waals surface area contributed by atoms with E-state index in [0.717, 1.165) is 22.2 Å². The van der Waals surface area contributed by atoms with E-state index in [4.69, 9.17) is 9.47 Å². The van der Waals surface area contributed by atoms with Gasteiger partial charge < -0.3 is 9.47 Å². The fraction of sp³-hybridized carbons (Fsp3) is 0.333. The topological polar surface area (TPSA) is 141 Å². The summed E-state index contributed by atoms with van der Waals surface area (Å²) in [4.78, 5) is 0. The van der Waals surface area contributed by atoms with E-state index in [1.54, 1.807) is 85.9 Å². The number of aromatic nitrogens is 12. The monoisotopic (exact) mass is 1120 g/mol. The maximum absolute atomic E-state index is 13.8. The Bertz CT molecular complexity index is 3420. The largest absolute Gasteiger partial charge is 0.416 e. The van der Waals surface area contributed by atoms with Crippen LogP contribution in [0, 0.1) is 23.7 Å². The molecule has 2 atom stereocenters. The molecule has 0 radical (unpaired) electrons. The van der Waals surface area contributed by atoms with Gasteiger partial charge in [0.2, 0.25) is 0 Å². The molecule has 8 aromatic rings. The van der Waals surface area contributed by atoms with Crippen LogP contribution in [0.2, 0.25) is 0 Å². The summed E-state index contributed by atoms with van der Waals surface area (Å²) < 4.78 is 181. The molecule has 4 aromatic heterocycles. The van der Waals surface area contributed by atoms with Gasteiger partial charge >= 0.3 is 24.7 Å². The average Bonchev–Trinajstić information content (AvgIpc) is 4.27. The van der Waals surface area contributed by atoms with E-state index in [2.05, 4.69) is 64.9 Å². The first-order chi connectivity index (χ1) is 37.4. The van der Waals surface area contributed by atoms with Crippen LogP contribution < -0.4 is 0 Å². The van der Waals surface area contributed by atoms with Crippen LogP contribution in [-0.4, -0.2) is 85.4 Å². The van der Waals surface area contributed by atoms with Crippen molar-refractivity contribution in [3.63, 3.8) is 0 Å². The number of hydrogen-bond donors (Lipinski definition) is 0. The van der Waals surface area contributed by atoms with E-state index >= 15 is 0 Å². The molecular formula is C54H44F12N12O2. The lowest BCUT2D eigenvalue weighted by Gasteiger charge is -2.31. The van der Waals surface area contributed by atoms with Crippen molar-refractivity contribution in [1.29, 1.82) is 0 Å². The van der Waals surface area contributed by atoms with Crippen LogP contribution in [0.15, 0.2) is 97.6 Å². The molecule has 0 spiro atoms. The first-order valence-electron chi connectivity index (χ1n) is 24.2. The van der Waals surface area contributed by atoms with Crippen molar-refractivity contribution in [2.24, 2.45) is 0 Å². The summed E-state index contributed by atoms with van der Waals surface area (Å²) in [6, 6.07) is 11.6. The van der Waals surface area contributed by atoms with Crippen LogP contribution in [0.25, 0.3) is 56.4 Å². The molecule has 1 fully saturated rings. The van der Waals surface area contributed by atoms with E-state index in [0.29, 0.717) is 81.9 Å². The van der Waals surface area contributed by atoms with Crippen molar-refractivity contribution in [2.75, 3.05) is 14.2 Å². The van der Waals surface area contributed by atoms with Crippen molar-refractivity contribution in [2.45, 2.75) is 101 Å². The molecule has 1 aliphatic rings. The highest BCUT2D eigenvalue weighted by Crippen LogP contribution is 2.41. The minimum absolute atomic E-state index is 0.0194. The second-order valence-corrected chi connectivity index (χ2v) is 19.7. The van der Waals surface area contributed by atoms with E-state index in [1.807, 2.05) is 0 Å². The Morgan fingerprint density at radius 3 is 1.01 bits per heavy atom. The highest BCUT2D eigenvalue weighted by Gasteiger charge is 2.39. The Labute approximate surface area is 447 Å². The van der Waals surface area contributed by atoms with Crippen LogP contribution >= 0.6 is 0 Å². The molecule has 4 heterocycles. The number of alkyl halides is 12. The smallest absolute Gasteiger partial charge is 0.366 e. The van der Waals surface area contributed by atoms with Crippen molar-refractivity contribution >= 4 is 0 Å². The Kier molecular flexibility index (Phi) is 14.8. The number of rotatable bonds is 10. The zero-order valence-electron chi connectivity index (χ0n) is 42.9. The van der Waals surface area contributed by atoms with Gasteiger partial charge in [0.15, 0.2) is 0 Å². The summed E-state index contributed by atoms with van der Waals surface area (Å²) in [6.07, 6.45) is -11.6. The molecular weight excluding hydrogens is 1080 g/mol. The van der Waals surface area contributed by atoms with Gasteiger partial charge in [0.25, 0.3) is 0 Å². The molecule has 0 N–H and O–H groups in total. The van der Waals surface area contributed by atoms with Crippen LogP contribution in [0.4, 0.5) is 52.7 Å². The number of halogens is 12. The lowest BCUT2D eigenvalue weighted by molar-refractivity contribution is -0.144. The minimum atomic E-state index is -5.09. The van der Waals surface area contributed by atoms with Crippen LogP contribution in [-0.2, 0) is 34.2 Å². The third-order valence-electron chi connectivity index (χ3n) is 13.1. The predicted molar refractivity (Wildman–Crippen MR) is 264 cm³/mol.